The molecule has 0 saturated heterocycles. The lowest BCUT2D eigenvalue weighted by atomic mass is 9.39. The van der Waals surface area contributed by atoms with E-state index in [0.717, 1.165) is 25.5 Å². The van der Waals surface area contributed by atoms with E-state index in [1.807, 2.05) is 0 Å². The Morgan fingerprint density at radius 3 is 2.54 bits per heavy atom. The minimum Gasteiger partial charge on any atom is -0.346 e. The summed E-state index contributed by atoms with van der Waals surface area (Å²) in [5.41, 5.74) is 4.25. The van der Waals surface area contributed by atoms with Gasteiger partial charge < -0.3 is 11.1 Å². The van der Waals surface area contributed by atoms with Gasteiger partial charge in [-0.2, -0.15) is 13.2 Å². The SMILES string of the molecule is NCC12CC(NC(=O)c3cnc4ccccc4c3C(F)(F)F)(C1)C2. The predicted octanol–water partition coefficient (Wildman–Crippen LogP) is 2.86. The number of nitrogens with two attached hydrogens (primary N) is 1. The Morgan fingerprint density at radius 2 is 1.92 bits per heavy atom. The molecule has 3 aliphatic rings. The zero-order valence-electron chi connectivity index (χ0n) is 12.8. The monoisotopic (exact) mass is 335 g/mol. The standard InChI is InChI=1S/C17H16F3N3O/c18-17(19,20)13-10-3-1-2-4-12(10)22-5-11(13)14(24)23-16-6-15(7-16,8-16)9-21/h1-5H,6-9,21H2,(H,23,24). The maximum absolute atomic E-state index is 13.6. The zero-order chi connectivity index (χ0) is 17.2. The van der Waals surface area contributed by atoms with Crippen LogP contribution in [-0.4, -0.2) is 23.0 Å². The zero-order valence-corrected chi connectivity index (χ0v) is 12.8. The van der Waals surface area contributed by atoms with Crippen LogP contribution in [0, 0.1) is 5.41 Å². The molecule has 1 amide bonds. The van der Waals surface area contributed by atoms with Crippen LogP contribution in [0.4, 0.5) is 13.2 Å². The number of carbonyl (C=O) groups is 1. The number of rotatable bonds is 3. The maximum Gasteiger partial charge on any atom is 0.417 e. The van der Waals surface area contributed by atoms with Crippen molar-refractivity contribution >= 4 is 16.8 Å². The van der Waals surface area contributed by atoms with Gasteiger partial charge in [0.15, 0.2) is 0 Å². The van der Waals surface area contributed by atoms with Gasteiger partial charge in [-0.05, 0) is 37.3 Å². The van der Waals surface area contributed by atoms with Gasteiger partial charge in [-0.25, -0.2) is 0 Å². The van der Waals surface area contributed by atoms with Gasteiger partial charge in [-0.1, -0.05) is 18.2 Å². The minimum atomic E-state index is -4.63. The quantitative estimate of drug-likeness (QED) is 0.906. The average molecular weight is 335 g/mol. The molecule has 24 heavy (non-hydrogen) atoms. The Kier molecular flexibility index (Phi) is 3.01. The lowest BCUT2D eigenvalue weighted by Gasteiger charge is -2.70. The molecule has 3 aliphatic carbocycles. The van der Waals surface area contributed by atoms with Crippen molar-refractivity contribution in [3.05, 3.63) is 41.6 Å². The van der Waals surface area contributed by atoms with Crippen molar-refractivity contribution in [3.8, 4) is 0 Å². The summed E-state index contributed by atoms with van der Waals surface area (Å²) in [5.74, 6) is -0.717. The number of carbonyl (C=O) groups excluding carboxylic acids is 1. The summed E-state index contributed by atoms with van der Waals surface area (Å²) < 4.78 is 40.7. The molecule has 1 aromatic heterocycles. The third-order valence-electron chi connectivity index (χ3n) is 5.26. The van der Waals surface area contributed by atoms with E-state index in [1.54, 1.807) is 6.07 Å². The van der Waals surface area contributed by atoms with E-state index in [2.05, 4.69) is 10.3 Å². The number of hydrogen-bond donors (Lipinski definition) is 2. The molecule has 3 fully saturated rings. The summed E-state index contributed by atoms with van der Waals surface area (Å²) in [7, 11) is 0. The van der Waals surface area contributed by atoms with E-state index in [-0.39, 0.29) is 21.9 Å². The van der Waals surface area contributed by atoms with Crippen LogP contribution in [0.3, 0.4) is 0 Å². The van der Waals surface area contributed by atoms with Crippen LogP contribution in [0.2, 0.25) is 0 Å². The summed E-state index contributed by atoms with van der Waals surface area (Å²) in [4.78, 5) is 16.5. The number of benzene rings is 1. The fraction of sp³-hybridized carbons (Fsp3) is 0.412. The van der Waals surface area contributed by atoms with E-state index >= 15 is 0 Å². The predicted molar refractivity (Wildman–Crippen MR) is 82.3 cm³/mol. The number of fused-ring (bicyclic) bond motifs is 1. The molecule has 7 heteroatoms. The first-order chi connectivity index (χ1) is 11.3. The number of halogens is 3. The van der Waals surface area contributed by atoms with E-state index < -0.39 is 23.2 Å². The van der Waals surface area contributed by atoms with Crippen molar-refractivity contribution in [2.75, 3.05) is 6.54 Å². The Bertz CT molecular complexity index is 827. The van der Waals surface area contributed by atoms with Gasteiger partial charge in [-0.15, -0.1) is 0 Å². The largest absolute Gasteiger partial charge is 0.417 e. The van der Waals surface area contributed by atoms with Crippen LogP contribution in [-0.2, 0) is 6.18 Å². The molecular formula is C17H16F3N3O. The maximum atomic E-state index is 13.6. The lowest BCUT2D eigenvalue weighted by Crippen LogP contribution is -2.76. The molecule has 0 spiro atoms. The second-order valence-electron chi connectivity index (χ2n) is 7.03. The summed E-state index contributed by atoms with van der Waals surface area (Å²) in [6.07, 6.45) is -1.39. The molecule has 4 nitrogen and oxygen atoms in total. The molecular weight excluding hydrogens is 319 g/mol. The molecule has 1 heterocycles. The van der Waals surface area contributed by atoms with Crippen molar-refractivity contribution in [1.29, 1.82) is 0 Å². The molecule has 3 saturated carbocycles. The normalized spacial score (nSPS) is 28.2. The van der Waals surface area contributed by atoms with Gasteiger partial charge in [0.1, 0.15) is 0 Å². The van der Waals surface area contributed by atoms with Crippen LogP contribution < -0.4 is 11.1 Å². The lowest BCUT2D eigenvalue weighted by molar-refractivity contribution is -0.141. The topological polar surface area (TPSA) is 68.0 Å². The second kappa shape index (κ2) is 4.69. The fourth-order valence-corrected chi connectivity index (χ4v) is 4.27. The van der Waals surface area contributed by atoms with Crippen molar-refractivity contribution in [1.82, 2.24) is 10.3 Å². The molecule has 2 bridgehead atoms. The number of para-hydroxylation sites is 1. The first kappa shape index (κ1) is 15.4. The highest BCUT2D eigenvalue weighted by atomic mass is 19.4. The number of pyridine rings is 1. The van der Waals surface area contributed by atoms with Crippen LogP contribution in [0.15, 0.2) is 30.5 Å². The van der Waals surface area contributed by atoms with E-state index in [9.17, 15) is 18.0 Å². The summed E-state index contributed by atoms with van der Waals surface area (Å²) in [6.45, 7) is 0.552. The highest BCUT2D eigenvalue weighted by Crippen LogP contribution is 2.66. The van der Waals surface area contributed by atoms with Crippen LogP contribution in [0.5, 0.6) is 0 Å². The molecule has 5 rings (SSSR count). The Morgan fingerprint density at radius 1 is 1.25 bits per heavy atom. The van der Waals surface area contributed by atoms with Crippen LogP contribution >= 0.6 is 0 Å². The van der Waals surface area contributed by atoms with Crippen molar-refractivity contribution in [2.45, 2.75) is 31.0 Å². The molecule has 3 N–H and O–H groups in total. The number of hydrogen-bond acceptors (Lipinski definition) is 3. The van der Waals surface area contributed by atoms with Gasteiger partial charge in [-0.3, -0.25) is 9.78 Å². The van der Waals surface area contributed by atoms with E-state index in [0.29, 0.717) is 6.54 Å². The van der Waals surface area contributed by atoms with Gasteiger partial charge >= 0.3 is 6.18 Å². The minimum absolute atomic E-state index is 0.0614. The first-order valence-electron chi connectivity index (χ1n) is 7.75. The van der Waals surface area contributed by atoms with Crippen LogP contribution in [0.25, 0.3) is 10.9 Å². The number of alkyl halides is 3. The second-order valence-corrected chi connectivity index (χ2v) is 7.03. The molecule has 2 aromatic rings. The van der Waals surface area contributed by atoms with Gasteiger partial charge in [0.2, 0.25) is 0 Å². The Hall–Kier alpha value is -2.15. The highest BCUT2D eigenvalue weighted by molar-refractivity contribution is 6.01. The number of aromatic nitrogens is 1. The van der Waals surface area contributed by atoms with E-state index in [1.165, 1.54) is 18.2 Å². The summed E-state index contributed by atoms with van der Waals surface area (Å²) in [5, 5.41) is 2.72. The number of nitrogens with zero attached hydrogens (tertiary/aromatic N) is 1. The van der Waals surface area contributed by atoms with Crippen molar-refractivity contribution < 1.29 is 18.0 Å². The molecule has 0 atom stereocenters. The summed E-state index contributed by atoms with van der Waals surface area (Å²) >= 11 is 0. The molecule has 0 radical (unpaired) electrons. The average Bonchev–Trinajstić information content (AvgIpc) is 2.46. The number of amides is 1. The van der Waals surface area contributed by atoms with Crippen LogP contribution in [0.1, 0.15) is 35.2 Å². The van der Waals surface area contributed by atoms with Gasteiger partial charge in [0, 0.05) is 17.1 Å². The molecule has 0 aliphatic heterocycles. The fourth-order valence-electron chi connectivity index (χ4n) is 4.27. The van der Waals surface area contributed by atoms with Crippen molar-refractivity contribution in [3.63, 3.8) is 0 Å². The molecule has 126 valence electrons. The van der Waals surface area contributed by atoms with Crippen molar-refractivity contribution in [2.24, 2.45) is 11.1 Å². The Labute approximate surface area is 136 Å². The molecule has 1 aromatic carbocycles. The smallest absolute Gasteiger partial charge is 0.346 e. The third-order valence-corrected chi connectivity index (χ3v) is 5.26. The van der Waals surface area contributed by atoms with E-state index in [4.69, 9.17) is 5.73 Å². The van der Waals surface area contributed by atoms with Gasteiger partial charge in [0.25, 0.3) is 5.91 Å². The highest BCUT2D eigenvalue weighted by Gasteiger charge is 2.67. The molecule has 0 unspecified atom stereocenters. The first-order valence-corrected chi connectivity index (χ1v) is 7.75. The Balaban J connectivity index is 1.70. The number of nitrogens with one attached hydrogen (secondary N) is 1. The third kappa shape index (κ3) is 2.11. The summed E-state index contributed by atoms with van der Waals surface area (Å²) in [6, 6.07) is 5.96. The van der Waals surface area contributed by atoms with Gasteiger partial charge in [0.05, 0.1) is 16.6 Å².